The number of carbonyl (C=O) groups excluding carboxylic acids is 1. The highest BCUT2D eigenvalue weighted by molar-refractivity contribution is 6.31. The fourth-order valence-electron chi connectivity index (χ4n) is 3.16. The SMILES string of the molecule is O=C(c1cccc(Cl)c1)N1CCc2[nH]c3ccc(Cl)cc3c2C1. The molecule has 2 aromatic carbocycles. The second kappa shape index (κ2) is 5.59. The van der Waals surface area contributed by atoms with E-state index < -0.39 is 0 Å². The lowest BCUT2D eigenvalue weighted by molar-refractivity contribution is 0.0735. The van der Waals surface area contributed by atoms with Crippen molar-refractivity contribution >= 4 is 40.0 Å². The van der Waals surface area contributed by atoms with Crippen molar-refractivity contribution in [3.63, 3.8) is 0 Å². The van der Waals surface area contributed by atoms with E-state index in [1.54, 1.807) is 24.3 Å². The summed E-state index contributed by atoms with van der Waals surface area (Å²) in [5.41, 5.74) is 4.04. The Hall–Kier alpha value is -1.97. The second-order valence-electron chi connectivity index (χ2n) is 5.76. The first-order valence-corrected chi connectivity index (χ1v) is 8.21. The van der Waals surface area contributed by atoms with Gasteiger partial charge in [0.2, 0.25) is 0 Å². The van der Waals surface area contributed by atoms with Gasteiger partial charge in [-0.1, -0.05) is 29.3 Å². The first-order valence-electron chi connectivity index (χ1n) is 7.45. The Bertz CT molecular complexity index is 917. The lowest BCUT2D eigenvalue weighted by Gasteiger charge is -2.27. The third kappa shape index (κ3) is 2.60. The van der Waals surface area contributed by atoms with Gasteiger partial charge in [-0.3, -0.25) is 4.79 Å². The van der Waals surface area contributed by atoms with Crippen LogP contribution < -0.4 is 0 Å². The molecule has 0 saturated heterocycles. The number of hydrogen-bond donors (Lipinski definition) is 1. The van der Waals surface area contributed by atoms with Crippen LogP contribution in [0.3, 0.4) is 0 Å². The molecule has 5 heteroatoms. The third-order valence-electron chi connectivity index (χ3n) is 4.30. The lowest BCUT2D eigenvalue weighted by atomic mass is 10.0. The molecule has 3 aromatic rings. The van der Waals surface area contributed by atoms with Crippen LogP contribution in [0.15, 0.2) is 42.5 Å². The lowest BCUT2D eigenvalue weighted by Crippen LogP contribution is -2.35. The van der Waals surface area contributed by atoms with Crippen molar-refractivity contribution in [1.82, 2.24) is 9.88 Å². The van der Waals surface area contributed by atoms with Gasteiger partial charge in [0.15, 0.2) is 0 Å². The summed E-state index contributed by atoms with van der Waals surface area (Å²) >= 11 is 12.1. The maximum atomic E-state index is 12.7. The summed E-state index contributed by atoms with van der Waals surface area (Å²) in [4.78, 5) is 18.0. The summed E-state index contributed by atoms with van der Waals surface area (Å²) in [6.07, 6.45) is 0.813. The molecule has 1 aliphatic rings. The molecule has 1 aromatic heterocycles. The van der Waals surface area contributed by atoms with Crippen molar-refractivity contribution < 1.29 is 4.79 Å². The first kappa shape index (κ1) is 14.6. The topological polar surface area (TPSA) is 36.1 Å². The Morgan fingerprint density at radius 1 is 1.09 bits per heavy atom. The van der Waals surface area contributed by atoms with Crippen LogP contribution in [0, 0.1) is 0 Å². The van der Waals surface area contributed by atoms with Gasteiger partial charge in [-0.15, -0.1) is 0 Å². The highest BCUT2D eigenvalue weighted by Gasteiger charge is 2.25. The predicted octanol–water partition coefficient (Wildman–Crippen LogP) is 4.67. The van der Waals surface area contributed by atoms with Crippen LogP contribution in [-0.4, -0.2) is 22.3 Å². The van der Waals surface area contributed by atoms with Crippen molar-refractivity contribution in [3.05, 3.63) is 69.3 Å². The maximum absolute atomic E-state index is 12.7. The van der Waals surface area contributed by atoms with E-state index in [0.717, 1.165) is 22.9 Å². The molecule has 0 unspecified atom stereocenters. The summed E-state index contributed by atoms with van der Waals surface area (Å²) in [7, 11) is 0. The molecule has 0 fully saturated rings. The number of fused-ring (bicyclic) bond motifs is 3. The minimum absolute atomic E-state index is 0.00882. The molecule has 2 heterocycles. The molecule has 23 heavy (non-hydrogen) atoms. The van der Waals surface area contributed by atoms with Gasteiger partial charge < -0.3 is 9.88 Å². The van der Waals surface area contributed by atoms with E-state index in [1.807, 2.05) is 23.1 Å². The fourth-order valence-corrected chi connectivity index (χ4v) is 3.53. The fraction of sp³-hybridized carbons (Fsp3) is 0.167. The van der Waals surface area contributed by atoms with E-state index in [2.05, 4.69) is 4.98 Å². The maximum Gasteiger partial charge on any atom is 0.254 e. The van der Waals surface area contributed by atoms with E-state index in [1.165, 1.54) is 5.69 Å². The van der Waals surface area contributed by atoms with Crippen LogP contribution in [0.25, 0.3) is 10.9 Å². The van der Waals surface area contributed by atoms with Gasteiger partial charge in [0.1, 0.15) is 0 Å². The van der Waals surface area contributed by atoms with E-state index in [0.29, 0.717) is 28.7 Å². The van der Waals surface area contributed by atoms with Crippen LogP contribution in [0.1, 0.15) is 21.6 Å². The number of benzene rings is 2. The molecule has 1 N–H and O–H groups in total. The molecule has 0 bridgehead atoms. The number of rotatable bonds is 1. The van der Waals surface area contributed by atoms with Gasteiger partial charge in [0, 0.05) is 57.3 Å². The largest absolute Gasteiger partial charge is 0.358 e. The molecular weight excluding hydrogens is 331 g/mol. The highest BCUT2D eigenvalue weighted by Crippen LogP contribution is 2.30. The van der Waals surface area contributed by atoms with Crippen LogP contribution in [0.4, 0.5) is 0 Å². The van der Waals surface area contributed by atoms with Crippen LogP contribution in [-0.2, 0) is 13.0 Å². The molecular formula is C18H14Cl2N2O. The number of aromatic nitrogens is 1. The minimum Gasteiger partial charge on any atom is -0.358 e. The minimum atomic E-state index is 0.00882. The second-order valence-corrected chi connectivity index (χ2v) is 6.63. The van der Waals surface area contributed by atoms with Gasteiger partial charge in [-0.05, 0) is 36.4 Å². The Labute approximate surface area is 143 Å². The quantitative estimate of drug-likeness (QED) is 0.683. The Morgan fingerprint density at radius 3 is 2.74 bits per heavy atom. The van der Waals surface area contributed by atoms with Crippen LogP contribution in [0.5, 0.6) is 0 Å². The Morgan fingerprint density at radius 2 is 1.91 bits per heavy atom. The number of halogens is 2. The number of nitrogens with one attached hydrogen (secondary N) is 1. The molecule has 4 rings (SSSR count). The third-order valence-corrected chi connectivity index (χ3v) is 4.77. The van der Waals surface area contributed by atoms with Crippen molar-refractivity contribution in [2.45, 2.75) is 13.0 Å². The highest BCUT2D eigenvalue weighted by atomic mass is 35.5. The van der Waals surface area contributed by atoms with Crippen molar-refractivity contribution in [1.29, 1.82) is 0 Å². The molecule has 0 atom stereocenters. The summed E-state index contributed by atoms with van der Waals surface area (Å²) in [6.45, 7) is 1.28. The van der Waals surface area contributed by atoms with Gasteiger partial charge in [0.05, 0.1) is 0 Å². The number of carbonyl (C=O) groups is 1. The van der Waals surface area contributed by atoms with E-state index in [4.69, 9.17) is 23.2 Å². The molecule has 0 spiro atoms. The molecule has 0 saturated carbocycles. The molecule has 0 aliphatic carbocycles. The normalized spacial score (nSPS) is 14.1. The average molecular weight is 345 g/mol. The first-order chi connectivity index (χ1) is 11.1. The van der Waals surface area contributed by atoms with Gasteiger partial charge in [0.25, 0.3) is 5.91 Å². The predicted molar refractivity (Wildman–Crippen MR) is 93.2 cm³/mol. The number of nitrogens with zero attached hydrogens (tertiary/aromatic N) is 1. The van der Waals surface area contributed by atoms with E-state index in [9.17, 15) is 4.79 Å². The number of aromatic amines is 1. The van der Waals surface area contributed by atoms with Gasteiger partial charge >= 0.3 is 0 Å². The zero-order valence-electron chi connectivity index (χ0n) is 12.3. The van der Waals surface area contributed by atoms with Crippen LogP contribution in [0.2, 0.25) is 10.0 Å². The number of amides is 1. The smallest absolute Gasteiger partial charge is 0.254 e. The van der Waals surface area contributed by atoms with Crippen LogP contribution >= 0.6 is 23.2 Å². The molecule has 116 valence electrons. The molecule has 0 radical (unpaired) electrons. The zero-order valence-corrected chi connectivity index (χ0v) is 13.8. The Balaban J connectivity index is 1.69. The molecule has 1 aliphatic heterocycles. The van der Waals surface area contributed by atoms with Gasteiger partial charge in [-0.25, -0.2) is 0 Å². The summed E-state index contributed by atoms with van der Waals surface area (Å²) in [5.74, 6) is 0.00882. The number of hydrogen-bond acceptors (Lipinski definition) is 1. The van der Waals surface area contributed by atoms with Crippen molar-refractivity contribution in [3.8, 4) is 0 Å². The summed E-state index contributed by atoms with van der Waals surface area (Å²) in [6, 6.07) is 12.9. The zero-order chi connectivity index (χ0) is 16.0. The van der Waals surface area contributed by atoms with Gasteiger partial charge in [-0.2, -0.15) is 0 Å². The summed E-state index contributed by atoms with van der Waals surface area (Å²) in [5, 5.41) is 2.38. The van der Waals surface area contributed by atoms with Crippen molar-refractivity contribution in [2.24, 2.45) is 0 Å². The molecule has 1 amide bonds. The Kier molecular flexibility index (Phi) is 3.55. The standard InChI is InChI=1S/C18H14Cl2N2O/c19-12-3-1-2-11(8-12)18(23)22-7-6-17-15(10-22)14-9-13(20)4-5-16(14)21-17/h1-5,8-9,21H,6-7,10H2. The summed E-state index contributed by atoms with van der Waals surface area (Å²) < 4.78 is 0. The number of H-pyrrole nitrogens is 1. The van der Waals surface area contributed by atoms with Crippen molar-refractivity contribution in [2.75, 3.05) is 6.54 Å². The van der Waals surface area contributed by atoms with E-state index in [-0.39, 0.29) is 5.91 Å². The average Bonchev–Trinajstić information content (AvgIpc) is 2.91. The molecule has 3 nitrogen and oxygen atoms in total. The van der Waals surface area contributed by atoms with E-state index >= 15 is 0 Å². The monoisotopic (exact) mass is 344 g/mol.